The molecule has 2 fully saturated rings. The molecule has 12 unspecified atom stereocenters. The number of carbonyl (C=O) groups is 1. The van der Waals surface area contributed by atoms with E-state index < -0.39 is 86.8 Å². The molecule has 0 saturated carbocycles. The van der Waals surface area contributed by atoms with Crippen LogP contribution in [0.2, 0.25) is 0 Å². The highest BCUT2D eigenvalue weighted by molar-refractivity contribution is 5.76. The smallest absolute Gasteiger partial charge is 0.220 e. The molecule has 0 aromatic carbocycles. The maximum absolute atomic E-state index is 13.3. The van der Waals surface area contributed by atoms with E-state index in [1.54, 1.807) is 0 Å². The van der Waals surface area contributed by atoms with Crippen LogP contribution in [0.5, 0.6) is 0 Å². The molecule has 0 aromatic heterocycles. The lowest BCUT2D eigenvalue weighted by Crippen LogP contribution is -2.65. The maximum atomic E-state index is 13.3. The Morgan fingerprint density at radius 3 is 1.39 bits per heavy atom. The molecule has 2 aliphatic heterocycles. The van der Waals surface area contributed by atoms with Gasteiger partial charge in [-0.25, -0.2) is 0 Å². The van der Waals surface area contributed by atoms with Crippen LogP contribution in [-0.4, -0.2) is 140 Å². The molecular weight excluding hydrogens is 943 g/mol. The van der Waals surface area contributed by atoms with Gasteiger partial charge < -0.3 is 65.1 Å². The summed E-state index contributed by atoms with van der Waals surface area (Å²) in [5.74, 6) is -0.218. The molecule has 14 heteroatoms. The first-order valence-electron chi connectivity index (χ1n) is 30.2. The molecule has 74 heavy (non-hydrogen) atoms. The number of aliphatic hydroxyl groups excluding tert-OH is 8. The maximum Gasteiger partial charge on any atom is 0.220 e. The molecule has 2 heterocycles. The van der Waals surface area contributed by atoms with Gasteiger partial charge in [-0.2, -0.15) is 0 Å². The van der Waals surface area contributed by atoms with Crippen molar-refractivity contribution in [1.82, 2.24) is 5.32 Å². The van der Waals surface area contributed by atoms with E-state index >= 15 is 0 Å². The number of unbranched alkanes of at least 4 members (excludes halogenated alkanes) is 29. The Morgan fingerprint density at radius 1 is 0.486 bits per heavy atom. The number of aliphatic hydroxyl groups is 8. The summed E-state index contributed by atoms with van der Waals surface area (Å²) in [5, 5.41) is 87.3. The molecule has 0 aliphatic carbocycles. The van der Waals surface area contributed by atoms with Crippen LogP contribution in [0.3, 0.4) is 0 Å². The van der Waals surface area contributed by atoms with Gasteiger partial charge in [0.2, 0.25) is 5.91 Å². The van der Waals surface area contributed by atoms with E-state index in [0.717, 1.165) is 77.0 Å². The van der Waals surface area contributed by atoms with Crippen molar-refractivity contribution in [3.63, 3.8) is 0 Å². The average Bonchev–Trinajstić information content (AvgIpc) is 3.40. The van der Waals surface area contributed by atoms with Crippen molar-refractivity contribution >= 4 is 5.91 Å². The van der Waals surface area contributed by atoms with Gasteiger partial charge in [0.25, 0.3) is 0 Å². The number of ether oxygens (including phenoxy) is 4. The van der Waals surface area contributed by atoms with E-state index in [2.05, 4.69) is 55.6 Å². The van der Waals surface area contributed by atoms with Gasteiger partial charge in [-0.15, -0.1) is 0 Å². The third-order valence-electron chi connectivity index (χ3n) is 14.9. The van der Waals surface area contributed by atoms with Gasteiger partial charge in [-0.05, 0) is 51.4 Å². The van der Waals surface area contributed by atoms with Gasteiger partial charge in [-0.1, -0.05) is 224 Å². The molecule has 2 rings (SSSR count). The fourth-order valence-electron chi connectivity index (χ4n) is 9.95. The predicted octanol–water partition coefficient (Wildman–Crippen LogP) is 10.2. The topological polar surface area (TPSA) is 228 Å². The summed E-state index contributed by atoms with van der Waals surface area (Å²) in [5.41, 5.74) is 0. The first-order valence-corrected chi connectivity index (χ1v) is 30.2. The molecule has 0 radical (unpaired) electrons. The van der Waals surface area contributed by atoms with Gasteiger partial charge in [0.1, 0.15) is 48.8 Å². The fourth-order valence-corrected chi connectivity index (χ4v) is 9.95. The molecule has 0 aromatic rings. The molecule has 9 N–H and O–H groups in total. The van der Waals surface area contributed by atoms with Crippen molar-refractivity contribution in [3.05, 3.63) is 36.5 Å². The highest BCUT2D eigenvalue weighted by Gasteiger charge is 2.51. The SMILES string of the molecule is CCCCC/C=C\C/C=C\C/C=C\CCCCCCCCC(=O)NC(COC1OC(CO)C(OC2OC(CO)C(O)C(O)C2O)C(O)C1O)C(O)CCCCCCCCCCCCCCCCCCCCCCC. The first-order chi connectivity index (χ1) is 36.1. The van der Waals surface area contributed by atoms with E-state index in [1.807, 2.05) is 0 Å². The zero-order chi connectivity index (χ0) is 53.9. The number of nitrogens with one attached hydrogen (secondary N) is 1. The summed E-state index contributed by atoms with van der Waals surface area (Å²) < 4.78 is 22.8. The zero-order valence-corrected chi connectivity index (χ0v) is 46.6. The third kappa shape index (κ3) is 31.6. The Kier molecular flexibility index (Phi) is 42.6. The highest BCUT2D eigenvalue weighted by Crippen LogP contribution is 2.30. The van der Waals surface area contributed by atoms with Crippen LogP contribution in [-0.2, 0) is 23.7 Å². The van der Waals surface area contributed by atoms with E-state index in [9.17, 15) is 45.6 Å². The Hall–Kier alpha value is -1.79. The van der Waals surface area contributed by atoms with Crippen LogP contribution < -0.4 is 5.32 Å². The Bertz CT molecular complexity index is 1380. The van der Waals surface area contributed by atoms with Crippen molar-refractivity contribution in [2.45, 2.75) is 319 Å². The van der Waals surface area contributed by atoms with Gasteiger partial charge in [0, 0.05) is 6.42 Å². The summed E-state index contributed by atoms with van der Waals surface area (Å²) in [6.07, 6.45) is 38.5. The minimum Gasteiger partial charge on any atom is -0.394 e. The van der Waals surface area contributed by atoms with Gasteiger partial charge in [0.15, 0.2) is 12.6 Å². The second kappa shape index (κ2) is 46.2. The average molecular weight is 1050 g/mol. The summed E-state index contributed by atoms with van der Waals surface area (Å²) in [4.78, 5) is 13.3. The van der Waals surface area contributed by atoms with Crippen LogP contribution in [0.15, 0.2) is 36.5 Å². The summed E-state index contributed by atoms with van der Waals surface area (Å²) in [7, 11) is 0. The summed E-state index contributed by atoms with van der Waals surface area (Å²) in [6, 6.07) is -0.836. The number of hydrogen-bond acceptors (Lipinski definition) is 13. The van der Waals surface area contributed by atoms with Gasteiger partial charge >= 0.3 is 0 Å². The Labute approximate surface area is 449 Å². The van der Waals surface area contributed by atoms with Crippen molar-refractivity contribution in [2.75, 3.05) is 19.8 Å². The van der Waals surface area contributed by atoms with Crippen LogP contribution >= 0.6 is 0 Å². The lowest BCUT2D eigenvalue weighted by atomic mass is 9.97. The lowest BCUT2D eigenvalue weighted by Gasteiger charge is -2.46. The van der Waals surface area contributed by atoms with Crippen LogP contribution in [0, 0.1) is 0 Å². The molecule has 2 aliphatic rings. The van der Waals surface area contributed by atoms with E-state index in [-0.39, 0.29) is 18.9 Å². The van der Waals surface area contributed by atoms with E-state index in [0.29, 0.717) is 12.8 Å². The number of allylic oxidation sites excluding steroid dienone is 6. The van der Waals surface area contributed by atoms with Gasteiger partial charge in [-0.3, -0.25) is 4.79 Å². The molecule has 1 amide bonds. The molecule has 434 valence electrons. The van der Waals surface area contributed by atoms with Crippen LogP contribution in [0.4, 0.5) is 0 Å². The van der Waals surface area contributed by atoms with Crippen LogP contribution in [0.25, 0.3) is 0 Å². The van der Waals surface area contributed by atoms with E-state index in [4.69, 9.17) is 18.9 Å². The number of hydrogen-bond donors (Lipinski definition) is 9. The minimum atomic E-state index is -1.78. The Balaban J connectivity index is 1.76. The van der Waals surface area contributed by atoms with Crippen molar-refractivity contribution < 1.29 is 64.6 Å². The number of carbonyl (C=O) groups excluding carboxylic acids is 1. The standard InChI is InChI=1S/C60H111NO13/c1-3-5-7-9-11-13-15-17-19-21-23-24-26-27-29-31-33-35-37-39-41-43-49(64)48(61-52(65)44-42-40-38-36-34-32-30-28-25-22-20-18-16-14-12-10-8-6-4-2)47-71-59-57(70)55(68)58(51(46-63)73-59)74-60-56(69)54(67)53(66)50(45-62)72-60/h12,14,18,20,25,28,48-51,53-60,62-64,66-70H,3-11,13,15-17,19,21-24,26-27,29-47H2,1-2H3,(H,61,65)/b14-12-,20-18-,28-25-. The second-order valence-corrected chi connectivity index (χ2v) is 21.5. The van der Waals surface area contributed by atoms with Crippen molar-refractivity contribution in [1.29, 1.82) is 0 Å². The first kappa shape index (κ1) is 68.3. The summed E-state index contributed by atoms with van der Waals surface area (Å²) >= 11 is 0. The largest absolute Gasteiger partial charge is 0.394 e. The quantitative estimate of drug-likeness (QED) is 0.0204. The van der Waals surface area contributed by atoms with E-state index in [1.165, 1.54) is 135 Å². The van der Waals surface area contributed by atoms with Crippen LogP contribution in [0.1, 0.15) is 245 Å². The summed E-state index contributed by atoms with van der Waals surface area (Å²) in [6.45, 7) is 2.84. The molecule has 0 bridgehead atoms. The van der Waals surface area contributed by atoms with Gasteiger partial charge in [0.05, 0.1) is 32.0 Å². The molecule has 2 saturated heterocycles. The highest BCUT2D eigenvalue weighted by atomic mass is 16.7. The predicted molar refractivity (Wildman–Crippen MR) is 295 cm³/mol. The second-order valence-electron chi connectivity index (χ2n) is 21.5. The third-order valence-corrected chi connectivity index (χ3v) is 14.9. The molecule has 12 atom stereocenters. The zero-order valence-electron chi connectivity index (χ0n) is 46.6. The van der Waals surface area contributed by atoms with Crippen molar-refractivity contribution in [3.8, 4) is 0 Å². The minimum absolute atomic E-state index is 0.218. The molecule has 14 nitrogen and oxygen atoms in total. The fraction of sp³-hybridized carbons (Fsp3) is 0.883. The Morgan fingerprint density at radius 2 is 0.892 bits per heavy atom. The number of rotatable bonds is 48. The molecular formula is C60H111NO13. The number of amides is 1. The normalized spacial score (nSPS) is 25.4. The lowest BCUT2D eigenvalue weighted by molar-refractivity contribution is -0.359. The molecule has 0 spiro atoms. The van der Waals surface area contributed by atoms with Crippen molar-refractivity contribution in [2.24, 2.45) is 0 Å². The monoisotopic (exact) mass is 1050 g/mol.